The van der Waals surface area contributed by atoms with E-state index in [1.165, 1.54) is 0 Å². The van der Waals surface area contributed by atoms with Crippen LogP contribution in [0.1, 0.15) is 25.3 Å². The maximum atomic E-state index is 10.9. The summed E-state index contributed by atoms with van der Waals surface area (Å²) in [5, 5.41) is 2.97. The third-order valence-electron chi connectivity index (χ3n) is 2.38. The Morgan fingerprint density at radius 3 is 2.85 bits per heavy atom. The molecule has 0 spiro atoms. The van der Waals surface area contributed by atoms with Crippen molar-refractivity contribution in [3.05, 3.63) is 30.1 Å². The van der Waals surface area contributed by atoms with Gasteiger partial charge in [-0.15, -0.1) is 0 Å². The molecule has 3 heteroatoms. The Morgan fingerprint density at radius 1 is 1.62 bits per heavy atom. The highest BCUT2D eigenvalue weighted by Crippen LogP contribution is 2.44. The van der Waals surface area contributed by atoms with Crippen molar-refractivity contribution in [3.8, 4) is 0 Å². The molecule has 0 unspecified atom stereocenters. The third kappa shape index (κ3) is 1.54. The molecule has 0 aliphatic heterocycles. The Balaban J connectivity index is 2.21. The van der Waals surface area contributed by atoms with Crippen LogP contribution < -0.4 is 5.32 Å². The number of aromatic nitrogens is 1. The van der Waals surface area contributed by atoms with E-state index in [-0.39, 0.29) is 11.4 Å². The Bertz CT molecular complexity index is 317. The first-order valence-corrected chi connectivity index (χ1v) is 4.42. The van der Waals surface area contributed by atoms with Crippen molar-refractivity contribution in [2.75, 3.05) is 0 Å². The van der Waals surface area contributed by atoms with Crippen LogP contribution >= 0.6 is 0 Å². The summed E-state index contributed by atoms with van der Waals surface area (Å²) in [6.07, 6.45) is 5.62. The van der Waals surface area contributed by atoms with Crippen LogP contribution in [0.25, 0.3) is 0 Å². The zero-order chi connectivity index (χ0) is 9.31. The quantitative estimate of drug-likeness (QED) is 0.735. The van der Waals surface area contributed by atoms with E-state index >= 15 is 0 Å². The summed E-state index contributed by atoms with van der Waals surface area (Å²) in [7, 11) is 0. The fourth-order valence-corrected chi connectivity index (χ4v) is 1.59. The largest absolute Gasteiger partial charge is 0.347 e. The van der Waals surface area contributed by atoms with Gasteiger partial charge in [0.15, 0.2) is 0 Å². The van der Waals surface area contributed by atoms with Crippen LogP contribution in [-0.2, 0) is 10.3 Å². The molecule has 0 aromatic carbocycles. The number of amides is 1. The molecule has 1 aliphatic rings. The van der Waals surface area contributed by atoms with Gasteiger partial charge in [-0.3, -0.25) is 9.78 Å². The molecule has 68 valence electrons. The minimum absolute atomic E-state index is 0.0290. The molecule has 0 radical (unpaired) electrons. The summed E-state index contributed by atoms with van der Waals surface area (Å²) in [6, 6.07) is 3.91. The molecule has 1 heterocycles. The van der Waals surface area contributed by atoms with Crippen molar-refractivity contribution in [1.82, 2.24) is 10.3 Å². The Labute approximate surface area is 77.2 Å². The van der Waals surface area contributed by atoms with E-state index in [1.54, 1.807) is 13.1 Å². The van der Waals surface area contributed by atoms with E-state index in [1.807, 2.05) is 18.3 Å². The molecule has 0 saturated heterocycles. The molecular formula is C10H12N2O. The number of hydrogen-bond donors (Lipinski definition) is 1. The monoisotopic (exact) mass is 176 g/mol. The van der Waals surface area contributed by atoms with E-state index in [0.29, 0.717) is 0 Å². The van der Waals surface area contributed by atoms with Gasteiger partial charge in [-0.25, -0.2) is 0 Å². The maximum absolute atomic E-state index is 10.9. The number of hydrogen-bond acceptors (Lipinski definition) is 2. The minimum atomic E-state index is -0.0971. The summed E-state index contributed by atoms with van der Waals surface area (Å²) >= 11 is 0. The first-order chi connectivity index (χ1) is 6.23. The number of carbonyl (C=O) groups is 1. The van der Waals surface area contributed by atoms with E-state index < -0.39 is 0 Å². The summed E-state index contributed by atoms with van der Waals surface area (Å²) in [5.74, 6) is 0.0290. The predicted molar refractivity (Wildman–Crippen MR) is 49.0 cm³/mol. The first kappa shape index (κ1) is 8.23. The molecule has 1 aromatic heterocycles. The molecule has 0 atom stereocenters. The van der Waals surface area contributed by atoms with Crippen LogP contribution in [0.5, 0.6) is 0 Å². The van der Waals surface area contributed by atoms with Crippen molar-refractivity contribution in [2.24, 2.45) is 0 Å². The van der Waals surface area contributed by atoms with Gasteiger partial charge < -0.3 is 5.32 Å². The Hall–Kier alpha value is -1.38. The lowest BCUT2D eigenvalue weighted by Crippen LogP contribution is -2.32. The number of nitrogens with one attached hydrogen (secondary N) is 1. The molecule has 1 aliphatic carbocycles. The van der Waals surface area contributed by atoms with Gasteiger partial charge in [-0.2, -0.15) is 0 Å². The lowest BCUT2D eigenvalue weighted by Gasteiger charge is -2.15. The smallest absolute Gasteiger partial charge is 0.217 e. The Morgan fingerprint density at radius 2 is 2.38 bits per heavy atom. The molecule has 2 rings (SSSR count). The third-order valence-corrected chi connectivity index (χ3v) is 2.38. The van der Waals surface area contributed by atoms with Crippen molar-refractivity contribution in [2.45, 2.75) is 25.3 Å². The molecule has 1 N–H and O–H groups in total. The molecular weight excluding hydrogens is 164 g/mol. The van der Waals surface area contributed by atoms with Crippen molar-refractivity contribution >= 4 is 5.91 Å². The minimum Gasteiger partial charge on any atom is -0.347 e. The van der Waals surface area contributed by atoms with Gasteiger partial charge in [0.2, 0.25) is 5.91 Å². The van der Waals surface area contributed by atoms with E-state index in [4.69, 9.17) is 0 Å². The zero-order valence-electron chi connectivity index (χ0n) is 7.58. The fourth-order valence-electron chi connectivity index (χ4n) is 1.59. The standard InChI is InChI=1S/C10H12N2O/c1-8(13)12-10(4-5-10)9-3-2-6-11-7-9/h2-3,6-7H,4-5H2,1H3,(H,12,13). The second kappa shape index (κ2) is 2.83. The van der Waals surface area contributed by atoms with E-state index in [9.17, 15) is 4.79 Å². The summed E-state index contributed by atoms with van der Waals surface area (Å²) in [5.41, 5.74) is 1.02. The summed E-state index contributed by atoms with van der Waals surface area (Å²) in [6.45, 7) is 1.55. The number of nitrogens with zero attached hydrogens (tertiary/aromatic N) is 1. The Kier molecular flexibility index (Phi) is 1.79. The van der Waals surface area contributed by atoms with Crippen LogP contribution in [0.3, 0.4) is 0 Å². The van der Waals surface area contributed by atoms with E-state index in [0.717, 1.165) is 18.4 Å². The van der Waals surface area contributed by atoms with Crippen LogP contribution in [-0.4, -0.2) is 10.9 Å². The SMILES string of the molecule is CC(=O)NC1(c2cccnc2)CC1. The van der Waals surface area contributed by atoms with Crippen molar-refractivity contribution in [1.29, 1.82) is 0 Å². The molecule has 1 amide bonds. The van der Waals surface area contributed by atoms with Gasteiger partial charge in [0.05, 0.1) is 5.54 Å². The highest BCUT2D eigenvalue weighted by molar-refractivity contribution is 5.74. The summed E-state index contributed by atoms with van der Waals surface area (Å²) < 4.78 is 0. The van der Waals surface area contributed by atoms with Crippen LogP contribution in [0.15, 0.2) is 24.5 Å². The second-order valence-electron chi connectivity index (χ2n) is 3.50. The average molecular weight is 176 g/mol. The van der Waals surface area contributed by atoms with Gasteiger partial charge in [0.1, 0.15) is 0 Å². The molecule has 0 bridgehead atoms. The summed E-state index contributed by atoms with van der Waals surface area (Å²) in [4.78, 5) is 15.0. The topological polar surface area (TPSA) is 42.0 Å². The van der Waals surface area contributed by atoms with Crippen LogP contribution in [0.4, 0.5) is 0 Å². The zero-order valence-corrected chi connectivity index (χ0v) is 7.58. The normalized spacial score (nSPS) is 17.9. The van der Waals surface area contributed by atoms with Gasteiger partial charge in [-0.1, -0.05) is 6.07 Å². The highest BCUT2D eigenvalue weighted by Gasteiger charge is 2.45. The van der Waals surface area contributed by atoms with Crippen LogP contribution in [0.2, 0.25) is 0 Å². The molecule has 13 heavy (non-hydrogen) atoms. The average Bonchev–Trinajstić information content (AvgIpc) is 2.86. The fraction of sp³-hybridized carbons (Fsp3) is 0.400. The lowest BCUT2D eigenvalue weighted by molar-refractivity contribution is -0.120. The molecule has 3 nitrogen and oxygen atoms in total. The van der Waals surface area contributed by atoms with Gasteiger partial charge >= 0.3 is 0 Å². The van der Waals surface area contributed by atoms with Crippen molar-refractivity contribution < 1.29 is 4.79 Å². The highest BCUT2D eigenvalue weighted by atomic mass is 16.1. The van der Waals surface area contributed by atoms with Crippen LogP contribution in [0, 0.1) is 0 Å². The van der Waals surface area contributed by atoms with E-state index in [2.05, 4.69) is 10.3 Å². The molecule has 1 fully saturated rings. The number of carbonyl (C=O) groups excluding carboxylic acids is 1. The predicted octanol–water partition coefficient (Wildman–Crippen LogP) is 1.21. The van der Waals surface area contributed by atoms with Gasteiger partial charge in [0.25, 0.3) is 0 Å². The lowest BCUT2D eigenvalue weighted by atomic mass is 10.1. The van der Waals surface area contributed by atoms with Crippen molar-refractivity contribution in [3.63, 3.8) is 0 Å². The molecule has 1 aromatic rings. The molecule has 1 saturated carbocycles. The number of pyridine rings is 1. The first-order valence-electron chi connectivity index (χ1n) is 4.42. The maximum Gasteiger partial charge on any atom is 0.217 e. The van der Waals surface area contributed by atoms with Gasteiger partial charge in [-0.05, 0) is 24.5 Å². The number of rotatable bonds is 2. The second-order valence-corrected chi connectivity index (χ2v) is 3.50. The van der Waals surface area contributed by atoms with Gasteiger partial charge in [0, 0.05) is 19.3 Å².